The number of anilines is 1. The Morgan fingerprint density at radius 3 is 3.12 bits per heavy atom. The van der Waals surface area contributed by atoms with Crippen molar-refractivity contribution >= 4 is 17.4 Å². The highest BCUT2D eigenvalue weighted by Crippen LogP contribution is 2.29. The van der Waals surface area contributed by atoms with Gasteiger partial charge in [-0.25, -0.2) is 0 Å². The number of nitrogen functional groups attached to an aromatic ring is 1. The van der Waals surface area contributed by atoms with E-state index in [1.54, 1.807) is 18.9 Å². The molecule has 0 aliphatic carbocycles. The van der Waals surface area contributed by atoms with Crippen LogP contribution in [0.1, 0.15) is 12.8 Å². The Kier molecular flexibility index (Phi) is 3.96. The number of nitrogens with two attached hydrogens (primary N) is 1. The normalized spacial score (nSPS) is 19.9. The minimum absolute atomic E-state index is 0.411. The van der Waals surface area contributed by atoms with Crippen LogP contribution in [0.25, 0.3) is 0 Å². The summed E-state index contributed by atoms with van der Waals surface area (Å²) in [5.41, 5.74) is 6.44. The smallest absolute Gasteiger partial charge is 0.142 e. The molecule has 1 aromatic carbocycles. The highest BCUT2D eigenvalue weighted by atomic mass is 32.2. The van der Waals surface area contributed by atoms with Crippen LogP contribution in [-0.4, -0.2) is 25.6 Å². The summed E-state index contributed by atoms with van der Waals surface area (Å²) in [5, 5.41) is 0. The molecule has 2 N–H and O–H groups in total. The molecule has 4 heteroatoms. The molecule has 1 heterocycles. The summed E-state index contributed by atoms with van der Waals surface area (Å²) in [7, 11) is 1.64. The number of ether oxygens (including phenoxy) is 2. The third-order valence-corrected chi connectivity index (χ3v) is 3.79. The van der Waals surface area contributed by atoms with Crippen LogP contribution in [0.4, 0.5) is 5.69 Å². The second kappa shape index (κ2) is 5.46. The average Bonchev–Trinajstić information content (AvgIpc) is 2.81. The van der Waals surface area contributed by atoms with Crippen LogP contribution >= 0.6 is 11.8 Å². The first-order valence-corrected chi connectivity index (χ1v) is 6.46. The van der Waals surface area contributed by atoms with Crippen molar-refractivity contribution in [2.75, 3.05) is 25.2 Å². The Labute approximate surface area is 100 Å². The topological polar surface area (TPSA) is 44.5 Å². The zero-order chi connectivity index (χ0) is 11.4. The summed E-state index contributed by atoms with van der Waals surface area (Å²) >= 11 is 1.80. The lowest BCUT2D eigenvalue weighted by molar-refractivity contribution is 0.129. The standard InChI is InChI=1S/C12H17NO2S/c1-14-12-7-10(4-5-11(12)13)16-8-9-3-2-6-15-9/h4-5,7,9H,2-3,6,8,13H2,1H3. The molecular weight excluding hydrogens is 222 g/mol. The quantitative estimate of drug-likeness (QED) is 0.648. The molecule has 1 unspecified atom stereocenters. The van der Waals surface area contributed by atoms with Gasteiger partial charge >= 0.3 is 0 Å². The Morgan fingerprint density at radius 2 is 2.44 bits per heavy atom. The molecule has 0 amide bonds. The van der Waals surface area contributed by atoms with E-state index in [9.17, 15) is 0 Å². The van der Waals surface area contributed by atoms with Crippen LogP contribution < -0.4 is 10.5 Å². The second-order valence-corrected chi connectivity index (χ2v) is 4.94. The summed E-state index contributed by atoms with van der Waals surface area (Å²) in [6.45, 7) is 0.913. The van der Waals surface area contributed by atoms with E-state index in [0.29, 0.717) is 11.8 Å². The van der Waals surface area contributed by atoms with Crippen molar-refractivity contribution in [3.8, 4) is 5.75 Å². The lowest BCUT2D eigenvalue weighted by Gasteiger charge is -2.10. The average molecular weight is 239 g/mol. The minimum atomic E-state index is 0.411. The monoisotopic (exact) mass is 239 g/mol. The first kappa shape index (κ1) is 11.6. The number of hydrogen-bond acceptors (Lipinski definition) is 4. The van der Waals surface area contributed by atoms with Crippen molar-refractivity contribution < 1.29 is 9.47 Å². The van der Waals surface area contributed by atoms with E-state index in [2.05, 4.69) is 0 Å². The van der Waals surface area contributed by atoms with Gasteiger partial charge in [-0.1, -0.05) is 0 Å². The van der Waals surface area contributed by atoms with Crippen LogP contribution in [0.2, 0.25) is 0 Å². The number of methoxy groups -OCH3 is 1. The number of thioether (sulfide) groups is 1. The van der Waals surface area contributed by atoms with E-state index < -0.39 is 0 Å². The van der Waals surface area contributed by atoms with Crippen molar-refractivity contribution in [1.82, 2.24) is 0 Å². The molecule has 16 heavy (non-hydrogen) atoms. The van der Waals surface area contributed by atoms with Crippen LogP contribution in [-0.2, 0) is 4.74 Å². The number of rotatable bonds is 4. The summed E-state index contributed by atoms with van der Waals surface area (Å²) < 4.78 is 10.8. The van der Waals surface area contributed by atoms with Gasteiger partial charge in [-0.05, 0) is 31.0 Å². The fourth-order valence-corrected chi connectivity index (χ4v) is 2.74. The van der Waals surface area contributed by atoms with Crippen molar-refractivity contribution in [3.63, 3.8) is 0 Å². The van der Waals surface area contributed by atoms with E-state index in [0.717, 1.165) is 18.1 Å². The second-order valence-electron chi connectivity index (χ2n) is 3.85. The fourth-order valence-electron chi connectivity index (χ4n) is 1.75. The van der Waals surface area contributed by atoms with E-state index in [4.69, 9.17) is 15.2 Å². The first-order chi connectivity index (χ1) is 7.79. The van der Waals surface area contributed by atoms with Crippen LogP contribution in [0.15, 0.2) is 23.1 Å². The van der Waals surface area contributed by atoms with Gasteiger partial charge in [0.1, 0.15) is 5.75 Å². The van der Waals surface area contributed by atoms with Gasteiger partial charge in [0.2, 0.25) is 0 Å². The SMILES string of the molecule is COc1cc(SCC2CCCO2)ccc1N. The van der Waals surface area contributed by atoms with Gasteiger partial charge in [-0.2, -0.15) is 0 Å². The van der Waals surface area contributed by atoms with E-state index >= 15 is 0 Å². The highest BCUT2D eigenvalue weighted by molar-refractivity contribution is 7.99. The maximum Gasteiger partial charge on any atom is 0.142 e. The molecule has 0 spiro atoms. The molecule has 1 aliphatic heterocycles. The van der Waals surface area contributed by atoms with Gasteiger partial charge in [0, 0.05) is 17.3 Å². The Balaban J connectivity index is 1.93. The van der Waals surface area contributed by atoms with Crippen molar-refractivity contribution in [3.05, 3.63) is 18.2 Å². The van der Waals surface area contributed by atoms with Crippen molar-refractivity contribution in [1.29, 1.82) is 0 Å². The number of benzene rings is 1. The summed E-state index contributed by atoms with van der Waals surface area (Å²) in [4.78, 5) is 1.18. The molecule has 0 radical (unpaired) electrons. The Morgan fingerprint density at radius 1 is 1.56 bits per heavy atom. The maximum atomic E-state index is 5.76. The molecular formula is C12H17NO2S. The van der Waals surface area contributed by atoms with Gasteiger partial charge in [-0.15, -0.1) is 11.8 Å². The fraction of sp³-hybridized carbons (Fsp3) is 0.500. The summed E-state index contributed by atoms with van der Waals surface area (Å²) in [6.07, 6.45) is 2.78. The molecule has 1 aliphatic rings. The zero-order valence-corrected chi connectivity index (χ0v) is 10.3. The molecule has 0 bridgehead atoms. The Bertz CT molecular complexity index is 351. The molecule has 0 aromatic heterocycles. The predicted molar refractivity (Wildman–Crippen MR) is 67.1 cm³/mol. The predicted octanol–water partition coefficient (Wildman–Crippen LogP) is 2.55. The lowest BCUT2D eigenvalue weighted by Crippen LogP contribution is -2.07. The molecule has 0 saturated carbocycles. The lowest BCUT2D eigenvalue weighted by atomic mass is 10.3. The highest BCUT2D eigenvalue weighted by Gasteiger charge is 2.15. The van der Waals surface area contributed by atoms with Crippen molar-refractivity contribution in [2.24, 2.45) is 0 Å². The van der Waals surface area contributed by atoms with Gasteiger partial charge in [0.15, 0.2) is 0 Å². The van der Waals surface area contributed by atoms with Gasteiger partial charge < -0.3 is 15.2 Å². The van der Waals surface area contributed by atoms with Gasteiger partial charge in [-0.3, -0.25) is 0 Å². The van der Waals surface area contributed by atoms with Crippen LogP contribution in [0.3, 0.4) is 0 Å². The molecule has 3 nitrogen and oxygen atoms in total. The molecule has 88 valence electrons. The third-order valence-electron chi connectivity index (χ3n) is 2.66. The molecule has 1 fully saturated rings. The molecule has 1 aromatic rings. The van der Waals surface area contributed by atoms with Crippen molar-refractivity contribution in [2.45, 2.75) is 23.8 Å². The summed E-state index contributed by atoms with van der Waals surface area (Å²) in [6, 6.07) is 5.89. The van der Waals surface area contributed by atoms with Gasteiger partial charge in [0.05, 0.1) is 18.9 Å². The van der Waals surface area contributed by atoms with Crippen LogP contribution in [0, 0.1) is 0 Å². The molecule has 1 atom stereocenters. The number of hydrogen-bond donors (Lipinski definition) is 1. The van der Waals surface area contributed by atoms with Gasteiger partial charge in [0.25, 0.3) is 0 Å². The summed E-state index contributed by atoms with van der Waals surface area (Å²) in [5.74, 6) is 1.75. The zero-order valence-electron chi connectivity index (χ0n) is 9.44. The van der Waals surface area contributed by atoms with E-state index in [-0.39, 0.29) is 0 Å². The molecule has 1 saturated heterocycles. The minimum Gasteiger partial charge on any atom is -0.495 e. The molecule has 2 rings (SSSR count). The first-order valence-electron chi connectivity index (χ1n) is 5.47. The third kappa shape index (κ3) is 2.83. The van der Waals surface area contributed by atoms with Crippen LogP contribution in [0.5, 0.6) is 5.75 Å². The Hall–Kier alpha value is -0.870. The maximum absolute atomic E-state index is 5.76. The largest absolute Gasteiger partial charge is 0.495 e. The van der Waals surface area contributed by atoms with E-state index in [1.165, 1.54) is 17.7 Å². The van der Waals surface area contributed by atoms with E-state index in [1.807, 2.05) is 18.2 Å².